The number of aromatic nitrogens is 2. The maximum Gasteiger partial charge on any atom is 0.244 e. The van der Waals surface area contributed by atoms with Crippen LogP contribution >= 0.6 is 11.3 Å². The van der Waals surface area contributed by atoms with Crippen molar-refractivity contribution < 1.29 is 22.1 Å². The lowest BCUT2D eigenvalue weighted by Gasteiger charge is -2.31. The number of nitrogens with zero attached hydrogens (tertiary/aromatic N) is 3. The number of thiophene rings is 1. The van der Waals surface area contributed by atoms with Crippen molar-refractivity contribution in [2.24, 2.45) is 5.92 Å². The first-order valence-corrected chi connectivity index (χ1v) is 14.0. The Morgan fingerprint density at radius 2 is 2.00 bits per heavy atom. The van der Waals surface area contributed by atoms with Gasteiger partial charge in [-0.2, -0.15) is 9.29 Å². The third-order valence-corrected chi connectivity index (χ3v) is 9.97. The molecule has 1 aliphatic heterocycles. The Morgan fingerprint density at radius 3 is 2.71 bits per heavy atom. The lowest BCUT2D eigenvalue weighted by atomic mass is 9.85. The minimum atomic E-state index is -3.82. The van der Waals surface area contributed by atoms with Crippen LogP contribution in [0.5, 0.6) is 0 Å². The smallest absolute Gasteiger partial charge is 0.244 e. The number of rotatable bonds is 6. The van der Waals surface area contributed by atoms with Crippen molar-refractivity contribution in [2.45, 2.75) is 56.8 Å². The highest BCUT2D eigenvalue weighted by Crippen LogP contribution is 2.38. The molecule has 3 aromatic rings. The molecule has 8 nitrogen and oxygen atoms in total. The summed E-state index contributed by atoms with van der Waals surface area (Å²) in [5, 5.41) is 6.79. The maximum atomic E-state index is 13.8. The van der Waals surface area contributed by atoms with Crippen LogP contribution in [0.15, 0.2) is 33.7 Å². The third-order valence-electron chi connectivity index (χ3n) is 6.80. The topological polar surface area (TPSA) is 105 Å². The number of hydrogen-bond acceptors (Lipinski definition) is 7. The van der Waals surface area contributed by atoms with Gasteiger partial charge in [-0.1, -0.05) is 17.6 Å². The Kier molecular flexibility index (Phi) is 6.49. The molecule has 2 aliphatic rings. The molecule has 0 bridgehead atoms. The Hall–Kier alpha value is -2.63. The van der Waals surface area contributed by atoms with E-state index >= 15 is 0 Å². The summed E-state index contributed by atoms with van der Waals surface area (Å²) in [6, 6.07) is 6.11. The molecule has 1 N–H and O–H groups in total. The molecule has 0 spiro atoms. The van der Waals surface area contributed by atoms with Crippen LogP contribution in [-0.4, -0.2) is 41.9 Å². The van der Waals surface area contributed by atoms with Gasteiger partial charge in [0.15, 0.2) is 0 Å². The molecule has 35 heavy (non-hydrogen) atoms. The fourth-order valence-corrected chi connectivity index (χ4v) is 7.43. The van der Waals surface area contributed by atoms with Gasteiger partial charge in [-0.3, -0.25) is 4.79 Å². The first-order chi connectivity index (χ1) is 16.7. The summed E-state index contributed by atoms with van der Waals surface area (Å²) in [5.74, 6) is 0.0756. The average Bonchev–Trinajstić information content (AvgIpc) is 3.42. The van der Waals surface area contributed by atoms with Gasteiger partial charge in [-0.15, -0.1) is 11.3 Å². The van der Waals surface area contributed by atoms with Crippen molar-refractivity contribution in [3.8, 4) is 10.7 Å². The third kappa shape index (κ3) is 4.76. The number of halogens is 1. The van der Waals surface area contributed by atoms with Gasteiger partial charge in [-0.25, -0.2) is 12.8 Å². The van der Waals surface area contributed by atoms with E-state index in [1.807, 2.05) is 0 Å². The van der Waals surface area contributed by atoms with Crippen LogP contribution in [0.3, 0.4) is 0 Å². The molecule has 5 rings (SSSR count). The van der Waals surface area contributed by atoms with Crippen molar-refractivity contribution in [3.05, 3.63) is 46.4 Å². The standard InChI is InChI=1S/C24H27FN4O4S2/c1-14-8-9-18(11-19(14)25)26-23(30)17-7-4-10-29(13-17)35(31,32)21-12-20(34-15(21)2)22-27-24(33-28-22)16-5-3-6-16/h8-9,11-12,16-17H,3-7,10,13H2,1-2H3,(H,26,30). The summed E-state index contributed by atoms with van der Waals surface area (Å²) in [6.07, 6.45) is 4.35. The molecule has 3 heterocycles. The van der Waals surface area contributed by atoms with E-state index in [1.54, 1.807) is 32.0 Å². The molecule has 2 aromatic heterocycles. The van der Waals surface area contributed by atoms with Crippen LogP contribution in [-0.2, 0) is 14.8 Å². The number of piperidine rings is 1. The van der Waals surface area contributed by atoms with Gasteiger partial charge in [0.05, 0.1) is 15.7 Å². The summed E-state index contributed by atoms with van der Waals surface area (Å²) in [7, 11) is -3.82. The number of sulfonamides is 1. The number of aryl methyl sites for hydroxylation is 2. The van der Waals surface area contributed by atoms with Gasteiger partial charge in [0.2, 0.25) is 27.6 Å². The summed E-state index contributed by atoms with van der Waals surface area (Å²) in [4.78, 5) is 18.8. The van der Waals surface area contributed by atoms with Gasteiger partial charge in [0, 0.05) is 29.6 Å². The van der Waals surface area contributed by atoms with Crippen molar-refractivity contribution in [2.75, 3.05) is 18.4 Å². The highest BCUT2D eigenvalue weighted by atomic mass is 32.2. The second kappa shape index (κ2) is 9.44. The molecule has 11 heteroatoms. The van der Waals surface area contributed by atoms with Crippen LogP contribution in [0.2, 0.25) is 0 Å². The molecule has 1 aliphatic carbocycles. The quantitative estimate of drug-likeness (QED) is 0.500. The Balaban J connectivity index is 1.31. The lowest BCUT2D eigenvalue weighted by molar-refractivity contribution is -0.120. The average molecular weight is 519 g/mol. The molecule has 0 radical (unpaired) electrons. The van der Waals surface area contributed by atoms with Crippen molar-refractivity contribution >= 4 is 33.0 Å². The van der Waals surface area contributed by atoms with Gasteiger partial charge in [0.1, 0.15) is 5.82 Å². The summed E-state index contributed by atoms with van der Waals surface area (Å²) in [5.41, 5.74) is 0.848. The zero-order valence-corrected chi connectivity index (χ0v) is 21.2. The van der Waals surface area contributed by atoms with Crippen LogP contribution in [0.1, 0.15) is 54.4 Å². The Labute approximate surface area is 207 Å². The van der Waals surface area contributed by atoms with E-state index in [0.29, 0.717) is 58.0 Å². The SMILES string of the molecule is Cc1ccc(NC(=O)C2CCCN(S(=O)(=O)c3cc(-c4noc(C5CCC5)n4)sc3C)C2)cc1F. The largest absolute Gasteiger partial charge is 0.339 e. The number of carbonyl (C=O) groups excluding carboxylic acids is 1. The van der Waals surface area contributed by atoms with Gasteiger partial charge in [-0.05, 0) is 63.3 Å². The number of benzene rings is 1. The highest BCUT2D eigenvalue weighted by Gasteiger charge is 2.35. The Bertz CT molecular complexity index is 1360. The van der Waals surface area contributed by atoms with E-state index in [-0.39, 0.29) is 17.3 Å². The molecule has 1 atom stereocenters. The number of carbonyl (C=O) groups is 1. The van der Waals surface area contributed by atoms with Crippen molar-refractivity contribution in [1.82, 2.24) is 14.4 Å². The predicted molar refractivity (Wildman–Crippen MR) is 130 cm³/mol. The second-order valence-corrected chi connectivity index (χ2v) is 12.4. The van der Waals surface area contributed by atoms with E-state index in [0.717, 1.165) is 19.3 Å². The zero-order valence-electron chi connectivity index (χ0n) is 19.6. The Morgan fingerprint density at radius 1 is 1.20 bits per heavy atom. The van der Waals surface area contributed by atoms with E-state index < -0.39 is 21.8 Å². The summed E-state index contributed by atoms with van der Waals surface area (Å²) >= 11 is 1.31. The fourth-order valence-electron chi connectivity index (χ4n) is 4.42. The van der Waals surface area contributed by atoms with Crippen LogP contribution in [0, 0.1) is 25.6 Å². The lowest BCUT2D eigenvalue weighted by Crippen LogP contribution is -2.43. The predicted octanol–water partition coefficient (Wildman–Crippen LogP) is 4.86. The van der Waals surface area contributed by atoms with Gasteiger partial charge < -0.3 is 9.84 Å². The first kappa shape index (κ1) is 24.1. The molecule has 1 aromatic carbocycles. The number of hydrogen-bond donors (Lipinski definition) is 1. The van der Waals surface area contributed by atoms with E-state index in [2.05, 4.69) is 15.5 Å². The van der Waals surface area contributed by atoms with Crippen molar-refractivity contribution in [3.63, 3.8) is 0 Å². The first-order valence-electron chi connectivity index (χ1n) is 11.7. The molecule has 1 saturated heterocycles. The van der Waals surface area contributed by atoms with E-state index in [4.69, 9.17) is 4.52 Å². The highest BCUT2D eigenvalue weighted by molar-refractivity contribution is 7.89. The molecule has 2 fully saturated rings. The second-order valence-electron chi connectivity index (χ2n) is 9.27. The monoisotopic (exact) mass is 518 g/mol. The molecule has 186 valence electrons. The molecule has 1 saturated carbocycles. The molecular weight excluding hydrogens is 491 g/mol. The molecular formula is C24H27FN4O4S2. The van der Waals surface area contributed by atoms with Crippen LogP contribution in [0.25, 0.3) is 10.7 Å². The summed E-state index contributed by atoms with van der Waals surface area (Å²) in [6.45, 7) is 3.81. The minimum absolute atomic E-state index is 0.0706. The molecule has 1 unspecified atom stereocenters. The zero-order chi connectivity index (χ0) is 24.7. The van der Waals surface area contributed by atoms with Gasteiger partial charge >= 0.3 is 0 Å². The number of nitrogens with one attached hydrogen (secondary N) is 1. The molecule has 1 amide bonds. The minimum Gasteiger partial charge on any atom is -0.339 e. The van der Waals surface area contributed by atoms with Crippen molar-refractivity contribution in [1.29, 1.82) is 0 Å². The van der Waals surface area contributed by atoms with Crippen LogP contribution in [0.4, 0.5) is 10.1 Å². The van der Waals surface area contributed by atoms with Gasteiger partial charge in [0.25, 0.3) is 0 Å². The number of anilines is 1. The van der Waals surface area contributed by atoms with Crippen LogP contribution < -0.4 is 5.32 Å². The normalized spacial score (nSPS) is 19.5. The van der Waals surface area contributed by atoms with E-state index in [1.165, 1.54) is 21.7 Å². The fraction of sp³-hybridized carbons (Fsp3) is 0.458. The maximum absolute atomic E-state index is 13.8. The summed E-state index contributed by atoms with van der Waals surface area (Å²) < 4.78 is 47.6. The number of amides is 1. The van der Waals surface area contributed by atoms with E-state index in [9.17, 15) is 17.6 Å².